The highest BCUT2D eigenvalue weighted by Crippen LogP contribution is 2.26. The number of amides is 1. The standard InChI is InChI=1S/C18H28N2O3.ClH/c1-3-13-6-4-7-15(10-13)23-9-5-8-20(2)18(22)14-11-16(19)17(21)12-14;/h4,6-7,10,14,16-17,21H,3,5,8-9,11-12,19H2,1-2H3;1H/t14-,16+,17+;/m0./s1. The van der Waals surface area contributed by atoms with Crippen LogP contribution in [0.25, 0.3) is 0 Å². The van der Waals surface area contributed by atoms with Crippen LogP contribution in [-0.2, 0) is 11.2 Å². The molecule has 1 amide bonds. The zero-order valence-electron chi connectivity index (χ0n) is 14.5. The van der Waals surface area contributed by atoms with Crippen molar-refractivity contribution in [2.24, 2.45) is 11.7 Å². The molecule has 0 radical (unpaired) electrons. The Bertz CT molecular complexity index is 517. The number of hydrogen-bond acceptors (Lipinski definition) is 4. The van der Waals surface area contributed by atoms with Crippen LogP contribution in [0.4, 0.5) is 0 Å². The number of aliphatic hydroxyl groups is 1. The molecule has 0 heterocycles. The van der Waals surface area contributed by atoms with Crippen molar-refractivity contribution in [1.82, 2.24) is 4.90 Å². The number of nitrogens with zero attached hydrogens (tertiary/aromatic N) is 1. The van der Waals surface area contributed by atoms with Crippen molar-refractivity contribution in [2.45, 2.75) is 44.8 Å². The van der Waals surface area contributed by atoms with Gasteiger partial charge in [0.25, 0.3) is 0 Å². The summed E-state index contributed by atoms with van der Waals surface area (Å²) in [6, 6.07) is 7.82. The Morgan fingerprint density at radius 1 is 1.42 bits per heavy atom. The molecule has 1 aliphatic rings. The Morgan fingerprint density at radius 3 is 2.79 bits per heavy atom. The lowest BCUT2D eigenvalue weighted by molar-refractivity contribution is -0.134. The van der Waals surface area contributed by atoms with Gasteiger partial charge in [-0.05, 0) is 43.4 Å². The fourth-order valence-corrected chi connectivity index (χ4v) is 3.02. The molecule has 1 aromatic rings. The van der Waals surface area contributed by atoms with Crippen LogP contribution in [0.1, 0.15) is 31.7 Å². The van der Waals surface area contributed by atoms with Gasteiger partial charge >= 0.3 is 0 Å². The maximum atomic E-state index is 12.3. The fraction of sp³-hybridized carbons (Fsp3) is 0.611. The molecular formula is C18H29ClN2O3. The second kappa shape index (κ2) is 9.87. The summed E-state index contributed by atoms with van der Waals surface area (Å²) in [5.74, 6) is 0.806. The van der Waals surface area contributed by atoms with Gasteiger partial charge in [0.2, 0.25) is 5.91 Å². The molecule has 1 fully saturated rings. The zero-order chi connectivity index (χ0) is 16.8. The molecule has 3 N–H and O–H groups in total. The Morgan fingerprint density at radius 2 is 2.17 bits per heavy atom. The van der Waals surface area contributed by atoms with Crippen LogP contribution in [0.3, 0.4) is 0 Å². The Balaban J connectivity index is 0.00000288. The summed E-state index contributed by atoms with van der Waals surface area (Å²) in [4.78, 5) is 14.0. The molecule has 0 spiro atoms. The van der Waals surface area contributed by atoms with Crippen LogP contribution in [0.5, 0.6) is 5.75 Å². The predicted molar refractivity (Wildman–Crippen MR) is 97.5 cm³/mol. The van der Waals surface area contributed by atoms with Crippen LogP contribution >= 0.6 is 12.4 Å². The number of rotatable bonds is 7. The van der Waals surface area contributed by atoms with Crippen molar-refractivity contribution in [3.05, 3.63) is 29.8 Å². The predicted octanol–water partition coefficient (Wildman–Crippen LogP) is 2.00. The number of halogens is 1. The monoisotopic (exact) mass is 356 g/mol. The number of benzene rings is 1. The highest BCUT2D eigenvalue weighted by Gasteiger charge is 2.35. The third-order valence-corrected chi connectivity index (χ3v) is 4.52. The van der Waals surface area contributed by atoms with Crippen LogP contribution < -0.4 is 10.5 Å². The van der Waals surface area contributed by atoms with Gasteiger partial charge in [-0.25, -0.2) is 0 Å². The molecule has 24 heavy (non-hydrogen) atoms. The fourth-order valence-electron chi connectivity index (χ4n) is 3.02. The normalized spacial score (nSPS) is 22.8. The van der Waals surface area contributed by atoms with Gasteiger partial charge in [0, 0.05) is 25.6 Å². The summed E-state index contributed by atoms with van der Waals surface area (Å²) in [7, 11) is 1.80. The van der Waals surface area contributed by atoms with E-state index in [1.54, 1.807) is 11.9 Å². The minimum absolute atomic E-state index is 0. The van der Waals surface area contributed by atoms with Crippen LogP contribution in [0, 0.1) is 5.92 Å². The van der Waals surface area contributed by atoms with Gasteiger partial charge in [-0.15, -0.1) is 12.4 Å². The Kier molecular flexibility index (Phi) is 8.53. The summed E-state index contributed by atoms with van der Waals surface area (Å²) in [5.41, 5.74) is 7.03. The van der Waals surface area contributed by atoms with Gasteiger partial charge < -0.3 is 20.5 Å². The van der Waals surface area contributed by atoms with Crippen molar-refractivity contribution in [1.29, 1.82) is 0 Å². The van der Waals surface area contributed by atoms with Crippen LogP contribution in [-0.4, -0.2) is 48.3 Å². The van der Waals surface area contributed by atoms with Crippen molar-refractivity contribution in [3.8, 4) is 5.75 Å². The quantitative estimate of drug-likeness (QED) is 0.733. The molecule has 5 nitrogen and oxygen atoms in total. The van der Waals surface area contributed by atoms with Crippen molar-refractivity contribution in [2.75, 3.05) is 20.2 Å². The van der Waals surface area contributed by atoms with Gasteiger partial charge in [0.05, 0.1) is 12.7 Å². The molecule has 2 rings (SSSR count). The number of ether oxygens (including phenoxy) is 1. The number of aryl methyl sites for hydroxylation is 1. The summed E-state index contributed by atoms with van der Waals surface area (Å²) in [5, 5.41) is 9.67. The molecule has 1 aliphatic carbocycles. The van der Waals surface area contributed by atoms with E-state index in [-0.39, 0.29) is 30.3 Å². The first kappa shape index (κ1) is 20.7. The largest absolute Gasteiger partial charge is 0.494 e. The number of nitrogens with two attached hydrogens (primary N) is 1. The number of carbonyl (C=O) groups excluding carboxylic acids is 1. The molecule has 1 saturated carbocycles. The van der Waals surface area contributed by atoms with E-state index in [9.17, 15) is 9.90 Å². The van der Waals surface area contributed by atoms with Gasteiger partial charge in [0.15, 0.2) is 0 Å². The third kappa shape index (κ3) is 5.65. The zero-order valence-corrected chi connectivity index (χ0v) is 15.3. The van der Waals surface area contributed by atoms with Crippen LogP contribution in [0.15, 0.2) is 24.3 Å². The first-order chi connectivity index (χ1) is 11.0. The molecule has 0 saturated heterocycles. The van der Waals surface area contributed by atoms with Gasteiger partial charge in [0.1, 0.15) is 5.75 Å². The van der Waals surface area contributed by atoms with Gasteiger partial charge in [-0.2, -0.15) is 0 Å². The van der Waals surface area contributed by atoms with E-state index < -0.39 is 6.10 Å². The average Bonchev–Trinajstić information content (AvgIpc) is 2.90. The van der Waals surface area contributed by atoms with Crippen molar-refractivity contribution < 1.29 is 14.6 Å². The van der Waals surface area contributed by atoms with E-state index in [4.69, 9.17) is 10.5 Å². The SMILES string of the molecule is CCc1cccc(OCCCN(C)C(=O)[C@H]2C[C@@H](N)[C@H](O)C2)c1.Cl. The minimum atomic E-state index is -0.550. The molecule has 0 aliphatic heterocycles. The third-order valence-electron chi connectivity index (χ3n) is 4.52. The molecule has 6 heteroatoms. The van der Waals surface area contributed by atoms with E-state index in [0.717, 1.165) is 18.6 Å². The minimum Gasteiger partial charge on any atom is -0.494 e. The summed E-state index contributed by atoms with van der Waals surface area (Å²) < 4.78 is 5.74. The smallest absolute Gasteiger partial charge is 0.225 e. The van der Waals surface area contributed by atoms with Gasteiger partial charge in [-0.1, -0.05) is 19.1 Å². The summed E-state index contributed by atoms with van der Waals surface area (Å²) in [6.07, 6.45) is 2.27. The lowest BCUT2D eigenvalue weighted by atomic mass is 10.1. The van der Waals surface area contributed by atoms with E-state index in [0.29, 0.717) is 26.0 Å². The second-order valence-electron chi connectivity index (χ2n) is 6.36. The van der Waals surface area contributed by atoms with E-state index in [1.807, 2.05) is 12.1 Å². The molecular weight excluding hydrogens is 328 g/mol. The highest BCUT2D eigenvalue weighted by atomic mass is 35.5. The topological polar surface area (TPSA) is 75.8 Å². The van der Waals surface area contributed by atoms with Gasteiger partial charge in [-0.3, -0.25) is 4.79 Å². The first-order valence-corrected chi connectivity index (χ1v) is 8.41. The van der Waals surface area contributed by atoms with E-state index in [2.05, 4.69) is 19.1 Å². The maximum Gasteiger partial charge on any atom is 0.225 e. The second-order valence-corrected chi connectivity index (χ2v) is 6.36. The summed E-state index contributed by atoms with van der Waals surface area (Å²) >= 11 is 0. The average molecular weight is 357 g/mol. The molecule has 3 atom stereocenters. The number of aliphatic hydroxyl groups excluding tert-OH is 1. The lowest BCUT2D eigenvalue weighted by Crippen LogP contribution is -2.34. The van der Waals surface area contributed by atoms with E-state index >= 15 is 0 Å². The maximum absolute atomic E-state index is 12.3. The molecule has 0 unspecified atom stereocenters. The molecule has 136 valence electrons. The Labute approximate surface area is 150 Å². The Hall–Kier alpha value is -1.30. The van der Waals surface area contributed by atoms with Crippen molar-refractivity contribution >= 4 is 18.3 Å². The molecule has 0 bridgehead atoms. The first-order valence-electron chi connectivity index (χ1n) is 8.41. The number of hydrogen-bond donors (Lipinski definition) is 2. The molecule has 0 aromatic heterocycles. The summed E-state index contributed by atoms with van der Waals surface area (Å²) in [6.45, 7) is 3.34. The van der Waals surface area contributed by atoms with E-state index in [1.165, 1.54) is 5.56 Å². The lowest BCUT2D eigenvalue weighted by Gasteiger charge is -2.21. The highest BCUT2D eigenvalue weighted by molar-refractivity contribution is 5.85. The number of carbonyl (C=O) groups is 1. The van der Waals surface area contributed by atoms with Crippen molar-refractivity contribution in [3.63, 3.8) is 0 Å². The van der Waals surface area contributed by atoms with Crippen LogP contribution in [0.2, 0.25) is 0 Å². The molecule has 1 aromatic carbocycles.